The van der Waals surface area contributed by atoms with Crippen molar-refractivity contribution in [2.24, 2.45) is 0 Å². The van der Waals surface area contributed by atoms with Crippen molar-refractivity contribution in [3.05, 3.63) is 18.4 Å². The largest absolute Gasteiger partial charge is 0.461 e. The number of nitrogens with one attached hydrogen (secondary N) is 1. The van der Waals surface area contributed by atoms with Crippen LogP contribution in [0.5, 0.6) is 0 Å². The molecule has 6 heteroatoms. The molecule has 16 heavy (non-hydrogen) atoms. The summed E-state index contributed by atoms with van der Waals surface area (Å²) in [4.78, 5) is 14.5. The summed E-state index contributed by atoms with van der Waals surface area (Å²) in [5, 5.41) is 2.89. The molecule has 0 unspecified atom stereocenters. The minimum atomic E-state index is 0.519. The summed E-state index contributed by atoms with van der Waals surface area (Å²) in [7, 11) is 5.52. The van der Waals surface area contributed by atoms with Crippen molar-refractivity contribution in [2.45, 2.75) is 0 Å². The zero-order valence-electron chi connectivity index (χ0n) is 9.43. The molecular formula is C10H13N5O. The van der Waals surface area contributed by atoms with E-state index in [0.717, 1.165) is 0 Å². The number of hydrogen-bond donors (Lipinski definition) is 1. The van der Waals surface area contributed by atoms with Gasteiger partial charge in [-0.25, -0.2) is 0 Å². The molecule has 0 atom stereocenters. The Morgan fingerprint density at radius 3 is 2.62 bits per heavy atom. The molecule has 0 radical (unpaired) electrons. The standard InChI is InChI=1S/C10H13N5O/c1-11-9-12-8(7-5-4-6-16-7)13-10(14-9)15(2)3/h4-6H,1-3H3,(H,11,12,13,14). The van der Waals surface area contributed by atoms with Crippen molar-refractivity contribution in [3.63, 3.8) is 0 Å². The maximum atomic E-state index is 5.25. The third-order valence-electron chi connectivity index (χ3n) is 1.99. The molecule has 0 fully saturated rings. The Kier molecular flexibility index (Phi) is 2.72. The average molecular weight is 219 g/mol. The molecule has 0 aliphatic heterocycles. The molecule has 84 valence electrons. The smallest absolute Gasteiger partial charge is 0.230 e. The molecule has 0 aromatic carbocycles. The van der Waals surface area contributed by atoms with Gasteiger partial charge in [0.15, 0.2) is 5.76 Å². The highest BCUT2D eigenvalue weighted by atomic mass is 16.3. The molecule has 0 spiro atoms. The molecule has 2 rings (SSSR count). The van der Waals surface area contributed by atoms with E-state index in [0.29, 0.717) is 23.5 Å². The summed E-state index contributed by atoms with van der Waals surface area (Å²) in [5.74, 6) is 2.26. The van der Waals surface area contributed by atoms with E-state index in [9.17, 15) is 0 Å². The van der Waals surface area contributed by atoms with Crippen LogP contribution in [0.2, 0.25) is 0 Å². The van der Waals surface area contributed by atoms with Crippen LogP contribution in [0.25, 0.3) is 11.6 Å². The van der Waals surface area contributed by atoms with E-state index in [1.54, 1.807) is 19.4 Å². The van der Waals surface area contributed by atoms with Crippen molar-refractivity contribution in [1.29, 1.82) is 0 Å². The first-order valence-electron chi connectivity index (χ1n) is 4.85. The number of nitrogens with zero attached hydrogens (tertiary/aromatic N) is 4. The van der Waals surface area contributed by atoms with Crippen LogP contribution >= 0.6 is 0 Å². The quantitative estimate of drug-likeness (QED) is 0.837. The van der Waals surface area contributed by atoms with Gasteiger partial charge < -0.3 is 14.6 Å². The molecule has 0 amide bonds. The second kappa shape index (κ2) is 4.18. The van der Waals surface area contributed by atoms with Gasteiger partial charge in [0.05, 0.1) is 6.26 Å². The Bertz CT molecular complexity index is 466. The lowest BCUT2D eigenvalue weighted by Gasteiger charge is -2.11. The lowest BCUT2D eigenvalue weighted by atomic mass is 10.4. The number of aromatic nitrogens is 3. The van der Waals surface area contributed by atoms with Crippen molar-refractivity contribution in [2.75, 3.05) is 31.4 Å². The minimum absolute atomic E-state index is 0.519. The molecule has 0 saturated heterocycles. The van der Waals surface area contributed by atoms with Crippen molar-refractivity contribution >= 4 is 11.9 Å². The molecule has 0 bridgehead atoms. The highest BCUT2D eigenvalue weighted by Crippen LogP contribution is 2.18. The monoisotopic (exact) mass is 219 g/mol. The van der Waals surface area contributed by atoms with Gasteiger partial charge in [-0.15, -0.1) is 0 Å². The first kappa shape index (κ1) is 10.4. The zero-order valence-corrected chi connectivity index (χ0v) is 9.43. The first-order valence-corrected chi connectivity index (χ1v) is 4.85. The molecule has 2 heterocycles. The normalized spacial score (nSPS) is 10.2. The first-order chi connectivity index (χ1) is 7.70. The maximum Gasteiger partial charge on any atom is 0.230 e. The van der Waals surface area contributed by atoms with E-state index < -0.39 is 0 Å². The SMILES string of the molecule is CNc1nc(-c2ccco2)nc(N(C)C)n1. The molecular weight excluding hydrogens is 206 g/mol. The fourth-order valence-corrected chi connectivity index (χ4v) is 1.19. The summed E-state index contributed by atoms with van der Waals surface area (Å²) in [6.45, 7) is 0. The zero-order chi connectivity index (χ0) is 11.5. The third-order valence-corrected chi connectivity index (χ3v) is 1.99. The molecule has 6 nitrogen and oxygen atoms in total. The van der Waals surface area contributed by atoms with Crippen LogP contribution in [0, 0.1) is 0 Å². The van der Waals surface area contributed by atoms with E-state index >= 15 is 0 Å². The lowest BCUT2D eigenvalue weighted by Crippen LogP contribution is -2.15. The predicted molar refractivity (Wildman–Crippen MR) is 61.4 cm³/mol. The third kappa shape index (κ3) is 1.95. The van der Waals surface area contributed by atoms with Gasteiger partial charge in [-0.1, -0.05) is 0 Å². The second-order valence-electron chi connectivity index (χ2n) is 3.40. The van der Waals surface area contributed by atoms with Gasteiger partial charge in [0, 0.05) is 21.1 Å². The van der Waals surface area contributed by atoms with E-state index in [2.05, 4.69) is 20.3 Å². The molecule has 0 aliphatic carbocycles. The van der Waals surface area contributed by atoms with E-state index in [1.807, 2.05) is 25.1 Å². The van der Waals surface area contributed by atoms with Crippen molar-refractivity contribution in [3.8, 4) is 11.6 Å². The van der Waals surface area contributed by atoms with Crippen LogP contribution in [0.1, 0.15) is 0 Å². The summed E-state index contributed by atoms with van der Waals surface area (Å²) in [5.41, 5.74) is 0. The van der Waals surface area contributed by atoms with Crippen LogP contribution in [0.4, 0.5) is 11.9 Å². The maximum absolute atomic E-state index is 5.25. The summed E-state index contributed by atoms with van der Waals surface area (Å²) in [6, 6.07) is 3.61. The van der Waals surface area contributed by atoms with Gasteiger partial charge >= 0.3 is 0 Å². The topological polar surface area (TPSA) is 67.1 Å². The lowest BCUT2D eigenvalue weighted by molar-refractivity contribution is 0.577. The van der Waals surface area contributed by atoms with Crippen LogP contribution in [-0.4, -0.2) is 36.1 Å². The van der Waals surface area contributed by atoms with Crippen LogP contribution in [0.3, 0.4) is 0 Å². The van der Waals surface area contributed by atoms with Crippen molar-refractivity contribution in [1.82, 2.24) is 15.0 Å². The molecule has 0 saturated carbocycles. The number of rotatable bonds is 3. The van der Waals surface area contributed by atoms with Gasteiger partial charge in [-0.05, 0) is 12.1 Å². The van der Waals surface area contributed by atoms with Gasteiger partial charge in [-0.3, -0.25) is 0 Å². The number of hydrogen-bond acceptors (Lipinski definition) is 6. The summed E-state index contributed by atoms with van der Waals surface area (Å²) in [6.07, 6.45) is 1.59. The second-order valence-corrected chi connectivity index (χ2v) is 3.40. The fraction of sp³-hybridized carbons (Fsp3) is 0.300. The molecule has 2 aromatic heterocycles. The average Bonchev–Trinajstić information content (AvgIpc) is 2.81. The summed E-state index contributed by atoms with van der Waals surface area (Å²) >= 11 is 0. The highest BCUT2D eigenvalue weighted by molar-refractivity contribution is 5.51. The molecule has 0 aliphatic rings. The van der Waals surface area contributed by atoms with Gasteiger partial charge in [0.2, 0.25) is 17.7 Å². The summed E-state index contributed by atoms with van der Waals surface area (Å²) < 4.78 is 5.25. The Balaban J connectivity index is 2.49. The Morgan fingerprint density at radius 2 is 2.06 bits per heavy atom. The highest BCUT2D eigenvalue weighted by Gasteiger charge is 2.10. The van der Waals surface area contributed by atoms with Gasteiger partial charge in [-0.2, -0.15) is 15.0 Å². The van der Waals surface area contributed by atoms with Crippen LogP contribution in [-0.2, 0) is 0 Å². The van der Waals surface area contributed by atoms with Crippen LogP contribution < -0.4 is 10.2 Å². The van der Waals surface area contributed by atoms with Gasteiger partial charge in [0.1, 0.15) is 0 Å². The number of anilines is 2. The van der Waals surface area contributed by atoms with Crippen LogP contribution in [0.15, 0.2) is 22.8 Å². The Hall–Kier alpha value is -2.11. The Morgan fingerprint density at radius 1 is 1.25 bits per heavy atom. The van der Waals surface area contributed by atoms with E-state index in [4.69, 9.17) is 4.42 Å². The van der Waals surface area contributed by atoms with E-state index in [-0.39, 0.29) is 0 Å². The van der Waals surface area contributed by atoms with E-state index in [1.165, 1.54) is 0 Å². The van der Waals surface area contributed by atoms with Crippen molar-refractivity contribution < 1.29 is 4.42 Å². The number of furan rings is 1. The Labute approximate surface area is 93.3 Å². The van der Waals surface area contributed by atoms with Gasteiger partial charge in [0.25, 0.3) is 0 Å². The predicted octanol–water partition coefficient (Wildman–Crippen LogP) is 1.24. The molecule has 1 N–H and O–H groups in total. The fourth-order valence-electron chi connectivity index (χ4n) is 1.19. The minimum Gasteiger partial charge on any atom is -0.461 e. The molecule has 2 aromatic rings.